The maximum Gasteiger partial charge on any atom is 0.262 e. The number of primary amides is 1. The molecule has 2 aromatic heterocycles. The summed E-state index contributed by atoms with van der Waals surface area (Å²) in [6.45, 7) is 4.14. The van der Waals surface area contributed by atoms with Gasteiger partial charge in [0.05, 0.1) is 5.39 Å². The van der Waals surface area contributed by atoms with E-state index in [1.54, 1.807) is 4.57 Å². The molecule has 0 bridgehead atoms. The van der Waals surface area contributed by atoms with Crippen LogP contribution in [0.5, 0.6) is 0 Å². The summed E-state index contributed by atoms with van der Waals surface area (Å²) < 4.78 is 1.56. The molecule has 0 aliphatic rings. The van der Waals surface area contributed by atoms with Crippen LogP contribution in [0.2, 0.25) is 0 Å². The van der Waals surface area contributed by atoms with Gasteiger partial charge in [-0.1, -0.05) is 30.3 Å². The van der Waals surface area contributed by atoms with Crippen molar-refractivity contribution in [1.29, 1.82) is 0 Å². The number of hydrogen-bond acceptors (Lipinski definition) is 4. The zero-order valence-electron chi connectivity index (χ0n) is 13.0. The summed E-state index contributed by atoms with van der Waals surface area (Å²) in [5, 5.41) is 0.636. The number of aromatic nitrogens is 2. The van der Waals surface area contributed by atoms with Crippen LogP contribution in [0.25, 0.3) is 21.6 Å². The number of aryl methyl sites for hydroxylation is 2. The molecule has 0 aliphatic carbocycles. The molecule has 0 aliphatic heterocycles. The lowest BCUT2D eigenvalue weighted by Crippen LogP contribution is -2.26. The van der Waals surface area contributed by atoms with Gasteiger partial charge in [-0.05, 0) is 19.4 Å². The standard InChI is InChI=1S/C17H17N3O2S/c1-10-11(2)23-16-14(10)17(22)20(9-8-13(18)21)15(19-16)12-6-4-3-5-7-12/h3-7H,8-9H2,1-2H3,(H2,18,21). The molecule has 0 saturated heterocycles. The first kappa shape index (κ1) is 15.4. The van der Waals surface area contributed by atoms with Gasteiger partial charge in [-0.3, -0.25) is 14.2 Å². The summed E-state index contributed by atoms with van der Waals surface area (Å²) in [6.07, 6.45) is 0.106. The molecule has 2 N–H and O–H groups in total. The minimum absolute atomic E-state index is 0.106. The molecule has 118 valence electrons. The summed E-state index contributed by atoms with van der Waals surface area (Å²) in [5.41, 5.74) is 6.94. The van der Waals surface area contributed by atoms with E-state index in [2.05, 4.69) is 0 Å². The summed E-state index contributed by atoms with van der Waals surface area (Å²) in [7, 11) is 0. The molecule has 0 atom stereocenters. The van der Waals surface area contributed by atoms with Crippen molar-refractivity contribution in [1.82, 2.24) is 9.55 Å². The molecule has 6 heteroatoms. The fourth-order valence-electron chi connectivity index (χ4n) is 2.56. The Morgan fingerprint density at radius 1 is 1.26 bits per heavy atom. The van der Waals surface area contributed by atoms with E-state index >= 15 is 0 Å². The molecular formula is C17H17N3O2S. The highest BCUT2D eigenvalue weighted by Crippen LogP contribution is 2.28. The molecule has 5 nitrogen and oxygen atoms in total. The number of amides is 1. The first-order valence-electron chi connectivity index (χ1n) is 7.33. The lowest BCUT2D eigenvalue weighted by Gasteiger charge is -2.12. The van der Waals surface area contributed by atoms with Gasteiger partial charge >= 0.3 is 0 Å². The Kier molecular flexibility index (Phi) is 4.00. The molecule has 0 spiro atoms. The van der Waals surface area contributed by atoms with Crippen molar-refractivity contribution < 1.29 is 4.79 Å². The molecular weight excluding hydrogens is 310 g/mol. The Labute approximate surface area is 137 Å². The molecule has 3 rings (SSSR count). The van der Waals surface area contributed by atoms with E-state index in [9.17, 15) is 9.59 Å². The Morgan fingerprint density at radius 2 is 1.96 bits per heavy atom. The normalized spacial score (nSPS) is 11.0. The van der Waals surface area contributed by atoms with Crippen molar-refractivity contribution in [2.45, 2.75) is 26.8 Å². The number of nitrogens with two attached hydrogens (primary N) is 1. The van der Waals surface area contributed by atoms with Gasteiger partial charge < -0.3 is 5.73 Å². The Hall–Kier alpha value is -2.47. The molecule has 0 saturated carbocycles. The zero-order valence-corrected chi connectivity index (χ0v) is 13.8. The fraction of sp³-hybridized carbons (Fsp3) is 0.235. The second-order valence-corrected chi connectivity index (χ2v) is 6.64. The Morgan fingerprint density at radius 3 is 2.61 bits per heavy atom. The fourth-order valence-corrected chi connectivity index (χ4v) is 3.58. The predicted molar refractivity (Wildman–Crippen MR) is 92.6 cm³/mol. The minimum atomic E-state index is -0.436. The molecule has 3 aromatic rings. The number of carbonyl (C=O) groups excluding carboxylic acids is 1. The van der Waals surface area contributed by atoms with Crippen LogP contribution in [-0.2, 0) is 11.3 Å². The number of thiophene rings is 1. The van der Waals surface area contributed by atoms with E-state index in [0.29, 0.717) is 11.2 Å². The molecule has 0 unspecified atom stereocenters. The van der Waals surface area contributed by atoms with Gasteiger partial charge in [0, 0.05) is 23.4 Å². The molecule has 23 heavy (non-hydrogen) atoms. The van der Waals surface area contributed by atoms with E-state index in [4.69, 9.17) is 10.7 Å². The second-order valence-electron chi connectivity index (χ2n) is 5.44. The third-order valence-electron chi connectivity index (χ3n) is 3.90. The number of fused-ring (bicyclic) bond motifs is 1. The van der Waals surface area contributed by atoms with Gasteiger partial charge in [-0.25, -0.2) is 4.98 Å². The maximum atomic E-state index is 12.9. The second kappa shape index (κ2) is 5.96. The Balaban J connectivity index is 2.30. The van der Waals surface area contributed by atoms with Crippen LogP contribution in [0.3, 0.4) is 0 Å². The van der Waals surface area contributed by atoms with Gasteiger partial charge in [0.25, 0.3) is 5.56 Å². The van der Waals surface area contributed by atoms with Crippen molar-refractivity contribution in [2.75, 3.05) is 0 Å². The van der Waals surface area contributed by atoms with Gasteiger partial charge in [0.2, 0.25) is 5.91 Å². The van der Waals surface area contributed by atoms with Crippen LogP contribution in [0.1, 0.15) is 16.9 Å². The van der Waals surface area contributed by atoms with Crippen molar-refractivity contribution in [3.8, 4) is 11.4 Å². The van der Waals surface area contributed by atoms with E-state index < -0.39 is 5.91 Å². The lowest BCUT2D eigenvalue weighted by atomic mass is 10.2. The van der Waals surface area contributed by atoms with Gasteiger partial charge in [-0.2, -0.15) is 0 Å². The smallest absolute Gasteiger partial charge is 0.262 e. The van der Waals surface area contributed by atoms with Crippen molar-refractivity contribution >= 4 is 27.5 Å². The number of hydrogen-bond donors (Lipinski definition) is 1. The van der Waals surface area contributed by atoms with E-state index in [0.717, 1.165) is 20.8 Å². The summed E-state index contributed by atoms with van der Waals surface area (Å²) in [5.74, 6) is 0.139. The summed E-state index contributed by atoms with van der Waals surface area (Å²) >= 11 is 1.52. The maximum absolute atomic E-state index is 12.9. The van der Waals surface area contributed by atoms with Crippen molar-refractivity contribution in [3.63, 3.8) is 0 Å². The average Bonchev–Trinajstić information content (AvgIpc) is 2.82. The summed E-state index contributed by atoms with van der Waals surface area (Å²) in [6, 6.07) is 9.51. The zero-order chi connectivity index (χ0) is 16.6. The molecule has 0 radical (unpaired) electrons. The molecule has 0 fully saturated rings. The van der Waals surface area contributed by atoms with Gasteiger partial charge in [0.15, 0.2) is 0 Å². The van der Waals surface area contributed by atoms with Crippen LogP contribution in [-0.4, -0.2) is 15.5 Å². The van der Waals surface area contributed by atoms with Gasteiger partial charge in [-0.15, -0.1) is 11.3 Å². The highest BCUT2D eigenvalue weighted by molar-refractivity contribution is 7.18. The quantitative estimate of drug-likeness (QED) is 0.800. The highest BCUT2D eigenvalue weighted by Gasteiger charge is 2.17. The van der Waals surface area contributed by atoms with Crippen molar-refractivity contribution in [3.05, 3.63) is 51.1 Å². The average molecular weight is 327 g/mol. The van der Waals surface area contributed by atoms with Gasteiger partial charge in [0.1, 0.15) is 10.7 Å². The van der Waals surface area contributed by atoms with E-state index in [1.807, 2.05) is 44.2 Å². The topological polar surface area (TPSA) is 78.0 Å². The SMILES string of the molecule is Cc1sc2nc(-c3ccccc3)n(CCC(N)=O)c(=O)c2c1C. The monoisotopic (exact) mass is 327 g/mol. The Bertz CT molecular complexity index is 942. The van der Waals surface area contributed by atoms with Crippen LogP contribution in [0.4, 0.5) is 0 Å². The third kappa shape index (κ3) is 2.77. The van der Waals surface area contributed by atoms with Crippen molar-refractivity contribution in [2.24, 2.45) is 5.73 Å². The number of benzene rings is 1. The molecule has 1 amide bonds. The van der Waals surface area contributed by atoms with Crippen LogP contribution < -0.4 is 11.3 Å². The lowest BCUT2D eigenvalue weighted by molar-refractivity contribution is -0.118. The van der Waals surface area contributed by atoms with E-state index in [1.165, 1.54) is 11.3 Å². The highest BCUT2D eigenvalue weighted by atomic mass is 32.1. The predicted octanol–water partition coefficient (Wildman–Crippen LogP) is 2.62. The minimum Gasteiger partial charge on any atom is -0.370 e. The third-order valence-corrected chi connectivity index (χ3v) is 5.00. The number of rotatable bonds is 4. The van der Waals surface area contributed by atoms with Crippen LogP contribution in [0.15, 0.2) is 35.1 Å². The van der Waals surface area contributed by atoms with Crippen LogP contribution >= 0.6 is 11.3 Å². The number of carbonyl (C=O) groups is 1. The largest absolute Gasteiger partial charge is 0.370 e. The first-order valence-corrected chi connectivity index (χ1v) is 8.15. The molecule has 1 aromatic carbocycles. The number of nitrogens with zero attached hydrogens (tertiary/aromatic N) is 2. The van der Waals surface area contributed by atoms with E-state index in [-0.39, 0.29) is 18.5 Å². The summed E-state index contributed by atoms with van der Waals surface area (Å²) in [4.78, 5) is 30.6. The molecule has 2 heterocycles. The first-order chi connectivity index (χ1) is 11.0. The van der Waals surface area contributed by atoms with Crippen LogP contribution in [0, 0.1) is 13.8 Å².